The topological polar surface area (TPSA) is 71.5 Å². The number of rotatable bonds is 11. The minimum atomic E-state index is -4.94. The molecule has 0 saturated carbocycles. The van der Waals surface area contributed by atoms with Gasteiger partial charge in [-0.15, -0.1) is 0 Å². The standard InChI is InChI=1S/C28H22F6N2O3/c1-2-3-4-5-6-13-27(18-9-11-20(29)12-10-18,36-25(38)24-23(37)8-7-14-35-24)19-15-21(30)17-22(16-19)39-28(33,34)26(31)32/h2-12,14-17,26,37H,1,13H2,(H,36,38)/b4-3-,6-5+/t27-/m1/s1. The van der Waals surface area contributed by atoms with Crippen molar-refractivity contribution in [3.63, 3.8) is 0 Å². The Morgan fingerprint density at radius 1 is 1.03 bits per heavy atom. The van der Waals surface area contributed by atoms with Crippen LogP contribution in [0.1, 0.15) is 28.0 Å². The van der Waals surface area contributed by atoms with E-state index in [2.05, 4.69) is 21.6 Å². The maximum atomic E-state index is 14.7. The molecule has 204 valence electrons. The van der Waals surface area contributed by atoms with Gasteiger partial charge in [0.15, 0.2) is 5.69 Å². The summed E-state index contributed by atoms with van der Waals surface area (Å²) in [5.74, 6) is -4.20. The largest absolute Gasteiger partial charge is 0.505 e. The van der Waals surface area contributed by atoms with Crippen molar-refractivity contribution in [3.8, 4) is 11.5 Å². The maximum Gasteiger partial charge on any atom is 0.461 e. The highest BCUT2D eigenvalue weighted by atomic mass is 19.3. The molecule has 0 fully saturated rings. The molecule has 0 bridgehead atoms. The first-order valence-corrected chi connectivity index (χ1v) is 11.3. The number of nitrogens with zero attached hydrogens (tertiary/aromatic N) is 1. The second kappa shape index (κ2) is 12.3. The van der Waals surface area contributed by atoms with Crippen molar-refractivity contribution in [1.82, 2.24) is 10.3 Å². The lowest BCUT2D eigenvalue weighted by Crippen LogP contribution is -2.47. The summed E-state index contributed by atoms with van der Waals surface area (Å²) in [6.07, 6.45) is -0.378. The molecule has 2 aromatic carbocycles. The van der Waals surface area contributed by atoms with Gasteiger partial charge in [-0.05, 0) is 53.9 Å². The van der Waals surface area contributed by atoms with Crippen LogP contribution in [0.15, 0.2) is 97.8 Å². The van der Waals surface area contributed by atoms with E-state index >= 15 is 0 Å². The summed E-state index contributed by atoms with van der Waals surface area (Å²) in [4.78, 5) is 17.2. The van der Waals surface area contributed by atoms with E-state index in [4.69, 9.17) is 0 Å². The minimum Gasteiger partial charge on any atom is -0.505 e. The summed E-state index contributed by atoms with van der Waals surface area (Å²) in [7, 11) is 0. The highest BCUT2D eigenvalue weighted by Crippen LogP contribution is 2.38. The molecule has 0 aliphatic carbocycles. The van der Waals surface area contributed by atoms with E-state index in [9.17, 15) is 36.2 Å². The lowest BCUT2D eigenvalue weighted by Gasteiger charge is -2.36. The third-order valence-corrected chi connectivity index (χ3v) is 5.46. The zero-order valence-corrected chi connectivity index (χ0v) is 20.1. The van der Waals surface area contributed by atoms with E-state index in [1.165, 1.54) is 42.6 Å². The van der Waals surface area contributed by atoms with Crippen LogP contribution in [0.2, 0.25) is 0 Å². The zero-order valence-electron chi connectivity index (χ0n) is 20.1. The summed E-state index contributed by atoms with van der Waals surface area (Å²) in [6.45, 7) is 3.54. The van der Waals surface area contributed by atoms with Gasteiger partial charge < -0.3 is 15.2 Å². The SMILES string of the molecule is C=C/C=C\C=C\C[C@@](NC(=O)c1ncccc1O)(c1ccc(F)cc1)c1cc(F)cc(OC(F)(F)C(F)F)c1. The molecule has 5 nitrogen and oxygen atoms in total. The average molecular weight is 548 g/mol. The van der Waals surface area contributed by atoms with Crippen LogP contribution >= 0.6 is 0 Å². The summed E-state index contributed by atoms with van der Waals surface area (Å²) in [6, 6.07) is 9.41. The number of aromatic nitrogens is 1. The number of nitrogens with one attached hydrogen (secondary N) is 1. The number of carbonyl (C=O) groups is 1. The van der Waals surface area contributed by atoms with Crippen molar-refractivity contribution in [1.29, 1.82) is 0 Å². The number of amides is 1. The fraction of sp³-hybridized carbons (Fsp3) is 0.143. The van der Waals surface area contributed by atoms with Gasteiger partial charge in [0.2, 0.25) is 0 Å². The predicted octanol–water partition coefficient (Wildman–Crippen LogP) is 6.66. The quantitative estimate of drug-likeness (QED) is 0.208. The number of hydrogen-bond acceptors (Lipinski definition) is 4. The first-order chi connectivity index (χ1) is 18.5. The molecule has 3 rings (SSSR count). The molecule has 0 aliphatic heterocycles. The van der Waals surface area contributed by atoms with Crippen LogP contribution < -0.4 is 10.1 Å². The van der Waals surface area contributed by atoms with Gasteiger partial charge in [0, 0.05) is 12.3 Å². The Morgan fingerprint density at radius 2 is 1.74 bits per heavy atom. The third-order valence-electron chi connectivity index (χ3n) is 5.46. The van der Waals surface area contributed by atoms with Crippen LogP contribution in [0.25, 0.3) is 0 Å². The summed E-state index contributed by atoms with van der Waals surface area (Å²) in [5, 5.41) is 12.8. The number of benzene rings is 2. The first kappa shape index (κ1) is 29.0. The molecule has 2 N–H and O–H groups in total. The van der Waals surface area contributed by atoms with E-state index < -0.39 is 52.8 Å². The Labute approximate surface area is 219 Å². The number of halogens is 6. The summed E-state index contributed by atoms with van der Waals surface area (Å²) >= 11 is 0. The van der Waals surface area contributed by atoms with E-state index in [1.54, 1.807) is 18.2 Å². The molecule has 1 atom stereocenters. The van der Waals surface area contributed by atoms with Crippen LogP contribution in [0.4, 0.5) is 26.3 Å². The van der Waals surface area contributed by atoms with Gasteiger partial charge in [0.25, 0.3) is 5.91 Å². The predicted molar refractivity (Wildman–Crippen MR) is 132 cm³/mol. The number of pyridine rings is 1. The minimum absolute atomic E-state index is 0.155. The average Bonchev–Trinajstić information content (AvgIpc) is 2.87. The molecule has 0 radical (unpaired) electrons. The molecule has 0 unspecified atom stereocenters. The van der Waals surface area contributed by atoms with E-state index in [0.717, 1.165) is 24.3 Å². The Hall–Kier alpha value is -4.54. The summed E-state index contributed by atoms with van der Waals surface area (Å²) < 4.78 is 85.7. The Balaban J connectivity index is 2.25. The van der Waals surface area contributed by atoms with Gasteiger partial charge in [0.1, 0.15) is 23.1 Å². The molecule has 0 aliphatic rings. The van der Waals surface area contributed by atoms with Crippen molar-refractivity contribution in [2.45, 2.75) is 24.5 Å². The molecule has 3 aromatic rings. The fourth-order valence-electron chi connectivity index (χ4n) is 3.69. The number of aromatic hydroxyl groups is 1. The molecular formula is C28H22F6N2O3. The molecule has 0 saturated heterocycles. The van der Waals surface area contributed by atoms with Crippen molar-refractivity contribution < 1.29 is 41.0 Å². The second-order valence-electron chi connectivity index (χ2n) is 8.13. The monoisotopic (exact) mass is 548 g/mol. The fourth-order valence-corrected chi connectivity index (χ4v) is 3.69. The molecular weight excluding hydrogens is 526 g/mol. The van der Waals surface area contributed by atoms with Crippen LogP contribution in [0, 0.1) is 11.6 Å². The number of alkyl halides is 4. The van der Waals surface area contributed by atoms with Gasteiger partial charge >= 0.3 is 12.5 Å². The molecule has 1 amide bonds. The van der Waals surface area contributed by atoms with Crippen LogP contribution in [0.3, 0.4) is 0 Å². The third kappa shape index (κ3) is 7.07. The van der Waals surface area contributed by atoms with Crippen molar-refractivity contribution in [3.05, 3.63) is 126 Å². The zero-order chi connectivity index (χ0) is 28.6. The number of ether oxygens (including phenoxy) is 1. The highest BCUT2D eigenvalue weighted by Gasteiger charge is 2.44. The van der Waals surface area contributed by atoms with Crippen molar-refractivity contribution in [2.24, 2.45) is 0 Å². The Morgan fingerprint density at radius 3 is 2.38 bits per heavy atom. The first-order valence-electron chi connectivity index (χ1n) is 11.3. The van der Waals surface area contributed by atoms with E-state index in [-0.39, 0.29) is 17.5 Å². The molecule has 39 heavy (non-hydrogen) atoms. The van der Waals surface area contributed by atoms with Crippen LogP contribution in [-0.2, 0) is 5.54 Å². The smallest absolute Gasteiger partial charge is 0.461 e. The number of carbonyl (C=O) groups excluding carboxylic acids is 1. The van der Waals surface area contributed by atoms with Crippen LogP contribution in [0.5, 0.6) is 11.5 Å². The van der Waals surface area contributed by atoms with Gasteiger partial charge in [-0.25, -0.2) is 13.8 Å². The van der Waals surface area contributed by atoms with E-state index in [1.807, 2.05) is 0 Å². The van der Waals surface area contributed by atoms with Gasteiger partial charge in [0.05, 0.1) is 5.54 Å². The van der Waals surface area contributed by atoms with E-state index in [0.29, 0.717) is 6.07 Å². The normalized spacial score (nSPS) is 13.5. The van der Waals surface area contributed by atoms with Crippen molar-refractivity contribution >= 4 is 5.91 Å². The molecule has 1 aromatic heterocycles. The molecule has 1 heterocycles. The van der Waals surface area contributed by atoms with Crippen LogP contribution in [-0.4, -0.2) is 28.5 Å². The molecule has 0 spiro atoms. The summed E-state index contributed by atoms with van der Waals surface area (Å²) in [5.41, 5.74) is -2.30. The van der Waals surface area contributed by atoms with Gasteiger partial charge in [-0.1, -0.05) is 49.1 Å². The number of allylic oxidation sites excluding steroid dienone is 4. The Bertz CT molecular complexity index is 1380. The lowest BCUT2D eigenvalue weighted by molar-refractivity contribution is -0.253. The maximum absolute atomic E-state index is 14.7. The van der Waals surface area contributed by atoms with Gasteiger partial charge in [-0.3, -0.25) is 4.79 Å². The molecule has 11 heteroatoms. The second-order valence-corrected chi connectivity index (χ2v) is 8.13. The van der Waals surface area contributed by atoms with Gasteiger partial charge in [-0.2, -0.15) is 17.6 Å². The lowest BCUT2D eigenvalue weighted by atomic mass is 9.79. The van der Waals surface area contributed by atoms with Crippen molar-refractivity contribution in [2.75, 3.05) is 0 Å². The highest BCUT2D eigenvalue weighted by molar-refractivity contribution is 5.95. The number of hydrogen-bond donors (Lipinski definition) is 2. The Kier molecular flexibility index (Phi) is 9.18.